The van der Waals surface area contributed by atoms with Crippen molar-refractivity contribution in [2.24, 2.45) is 0 Å². The van der Waals surface area contributed by atoms with Gasteiger partial charge in [0, 0.05) is 13.2 Å². The Balaban J connectivity index is 1.85. The number of ether oxygens (including phenoxy) is 1. The summed E-state index contributed by atoms with van der Waals surface area (Å²) < 4.78 is 5.63. The maximum absolute atomic E-state index is 12.5. The second kappa shape index (κ2) is 5.85. The van der Waals surface area contributed by atoms with Crippen molar-refractivity contribution in [3.05, 3.63) is 29.8 Å². The Morgan fingerprint density at radius 1 is 1.33 bits per heavy atom. The van der Waals surface area contributed by atoms with E-state index in [0.29, 0.717) is 17.8 Å². The highest BCUT2D eigenvalue weighted by Crippen LogP contribution is 2.25. The van der Waals surface area contributed by atoms with E-state index in [0.717, 1.165) is 25.9 Å². The molecule has 1 fully saturated rings. The molecule has 2 amide bonds. The predicted molar refractivity (Wildman–Crippen MR) is 79.3 cm³/mol. The fourth-order valence-corrected chi connectivity index (χ4v) is 2.97. The number of nitrogens with one attached hydrogen (secondary N) is 1. The highest BCUT2D eigenvalue weighted by Gasteiger charge is 2.31. The zero-order valence-electron chi connectivity index (χ0n) is 12.2. The number of carbonyl (C=O) groups excluding carboxylic acids is 2. The number of anilines is 1. The van der Waals surface area contributed by atoms with E-state index in [-0.39, 0.29) is 17.9 Å². The fraction of sp³-hybridized carbons (Fsp3) is 0.500. The van der Waals surface area contributed by atoms with Crippen molar-refractivity contribution in [3.63, 3.8) is 0 Å². The van der Waals surface area contributed by atoms with E-state index >= 15 is 0 Å². The van der Waals surface area contributed by atoms with Gasteiger partial charge < -0.3 is 15.0 Å². The van der Waals surface area contributed by atoms with E-state index in [2.05, 4.69) is 5.32 Å². The van der Waals surface area contributed by atoms with E-state index in [9.17, 15) is 9.59 Å². The second-order valence-corrected chi connectivity index (χ2v) is 5.63. The van der Waals surface area contributed by atoms with Crippen LogP contribution in [0.5, 0.6) is 0 Å². The molecule has 0 radical (unpaired) electrons. The van der Waals surface area contributed by atoms with Gasteiger partial charge in [0.2, 0.25) is 5.91 Å². The van der Waals surface area contributed by atoms with Crippen LogP contribution in [0.15, 0.2) is 24.3 Å². The molecule has 2 atom stereocenters. The van der Waals surface area contributed by atoms with Crippen molar-refractivity contribution in [2.75, 3.05) is 18.1 Å². The molecule has 2 aliphatic heterocycles. The number of rotatable bonds is 3. The van der Waals surface area contributed by atoms with E-state index in [1.807, 2.05) is 18.2 Å². The largest absolute Gasteiger partial charge is 0.378 e. The standard InChI is InChI=1S/C16H20N2O3/c1-11-16(20)18(9-8-12-5-4-10-21-12)14-7-3-2-6-13(14)15(19)17-11/h2-3,6-7,11-12H,4-5,8-10H2,1H3,(H,17,19). The molecule has 112 valence electrons. The van der Waals surface area contributed by atoms with Gasteiger partial charge in [-0.2, -0.15) is 0 Å². The average molecular weight is 288 g/mol. The molecule has 1 aromatic rings. The van der Waals surface area contributed by atoms with E-state index in [1.54, 1.807) is 17.9 Å². The minimum Gasteiger partial charge on any atom is -0.378 e. The number of hydrogen-bond acceptors (Lipinski definition) is 3. The zero-order valence-corrected chi connectivity index (χ0v) is 12.2. The van der Waals surface area contributed by atoms with Gasteiger partial charge in [0.15, 0.2) is 0 Å². The van der Waals surface area contributed by atoms with Crippen LogP contribution in [-0.4, -0.2) is 37.1 Å². The van der Waals surface area contributed by atoms with Gasteiger partial charge in [-0.25, -0.2) is 0 Å². The first-order chi connectivity index (χ1) is 10.2. The SMILES string of the molecule is CC1NC(=O)c2ccccc2N(CCC2CCCO2)C1=O. The lowest BCUT2D eigenvalue weighted by Gasteiger charge is -2.25. The Hall–Kier alpha value is -1.88. The van der Waals surface area contributed by atoms with Crippen LogP contribution in [0.25, 0.3) is 0 Å². The summed E-state index contributed by atoms with van der Waals surface area (Å²) in [6.07, 6.45) is 3.18. The minimum atomic E-state index is -0.505. The van der Waals surface area contributed by atoms with E-state index in [4.69, 9.17) is 4.74 Å². The Bertz CT molecular complexity index is 552. The Labute approximate surface area is 124 Å². The Morgan fingerprint density at radius 2 is 2.14 bits per heavy atom. The lowest BCUT2D eigenvalue weighted by molar-refractivity contribution is -0.120. The molecule has 0 aliphatic carbocycles. The van der Waals surface area contributed by atoms with Crippen molar-refractivity contribution in [2.45, 2.75) is 38.3 Å². The zero-order chi connectivity index (χ0) is 14.8. The van der Waals surface area contributed by atoms with Gasteiger partial charge in [-0.1, -0.05) is 12.1 Å². The number of hydrogen-bond donors (Lipinski definition) is 1. The molecule has 1 aromatic carbocycles. The van der Waals surface area contributed by atoms with Gasteiger partial charge in [0.1, 0.15) is 6.04 Å². The van der Waals surface area contributed by atoms with Crippen LogP contribution in [-0.2, 0) is 9.53 Å². The summed E-state index contributed by atoms with van der Waals surface area (Å²) in [5, 5.41) is 2.74. The molecule has 0 aromatic heterocycles. The van der Waals surface area contributed by atoms with Crippen LogP contribution >= 0.6 is 0 Å². The van der Waals surface area contributed by atoms with Gasteiger partial charge in [-0.05, 0) is 38.3 Å². The number of amides is 2. The van der Waals surface area contributed by atoms with Crippen molar-refractivity contribution in [1.82, 2.24) is 5.32 Å². The molecule has 5 heteroatoms. The summed E-state index contributed by atoms with van der Waals surface area (Å²) in [4.78, 5) is 26.4. The minimum absolute atomic E-state index is 0.0636. The van der Waals surface area contributed by atoms with E-state index in [1.165, 1.54) is 0 Å². The smallest absolute Gasteiger partial charge is 0.254 e. The molecule has 1 saturated heterocycles. The third kappa shape index (κ3) is 2.78. The molecule has 0 bridgehead atoms. The number of nitrogens with zero attached hydrogens (tertiary/aromatic N) is 1. The first-order valence-electron chi connectivity index (χ1n) is 7.49. The van der Waals surface area contributed by atoms with Gasteiger partial charge >= 0.3 is 0 Å². The van der Waals surface area contributed by atoms with Crippen molar-refractivity contribution in [1.29, 1.82) is 0 Å². The van der Waals surface area contributed by atoms with Gasteiger partial charge in [-0.3, -0.25) is 9.59 Å². The van der Waals surface area contributed by atoms with Crippen LogP contribution < -0.4 is 10.2 Å². The molecule has 2 aliphatic rings. The van der Waals surface area contributed by atoms with Gasteiger partial charge in [-0.15, -0.1) is 0 Å². The summed E-state index contributed by atoms with van der Waals surface area (Å²) >= 11 is 0. The summed E-state index contributed by atoms with van der Waals surface area (Å²) in [5.41, 5.74) is 1.25. The molecule has 5 nitrogen and oxygen atoms in total. The van der Waals surface area contributed by atoms with Crippen LogP contribution in [0.3, 0.4) is 0 Å². The molecular formula is C16H20N2O3. The summed E-state index contributed by atoms with van der Waals surface area (Å²) in [7, 11) is 0. The lowest BCUT2D eigenvalue weighted by Crippen LogP contribution is -2.44. The molecule has 2 heterocycles. The number of fused-ring (bicyclic) bond motifs is 1. The van der Waals surface area contributed by atoms with Crippen LogP contribution in [0.2, 0.25) is 0 Å². The highest BCUT2D eigenvalue weighted by atomic mass is 16.5. The third-order valence-corrected chi connectivity index (χ3v) is 4.12. The first-order valence-corrected chi connectivity index (χ1v) is 7.49. The summed E-state index contributed by atoms with van der Waals surface area (Å²) in [6.45, 7) is 3.12. The summed E-state index contributed by atoms with van der Waals surface area (Å²) in [5.74, 6) is -0.252. The Kier molecular flexibility index (Phi) is 3.92. The average Bonchev–Trinajstić information content (AvgIpc) is 2.98. The van der Waals surface area contributed by atoms with Gasteiger partial charge in [0.05, 0.1) is 17.4 Å². The topological polar surface area (TPSA) is 58.6 Å². The predicted octanol–water partition coefficient (Wildman–Crippen LogP) is 1.72. The van der Waals surface area contributed by atoms with Crippen molar-refractivity contribution < 1.29 is 14.3 Å². The van der Waals surface area contributed by atoms with Crippen LogP contribution in [0.1, 0.15) is 36.5 Å². The highest BCUT2D eigenvalue weighted by molar-refractivity contribution is 6.10. The maximum atomic E-state index is 12.5. The maximum Gasteiger partial charge on any atom is 0.254 e. The Morgan fingerprint density at radius 3 is 2.90 bits per heavy atom. The van der Waals surface area contributed by atoms with E-state index < -0.39 is 6.04 Å². The molecule has 2 unspecified atom stereocenters. The number of para-hydroxylation sites is 1. The molecule has 21 heavy (non-hydrogen) atoms. The quantitative estimate of drug-likeness (QED) is 0.921. The summed E-state index contributed by atoms with van der Waals surface area (Å²) in [6, 6.07) is 6.76. The monoisotopic (exact) mass is 288 g/mol. The van der Waals surface area contributed by atoms with Crippen LogP contribution in [0.4, 0.5) is 5.69 Å². The third-order valence-electron chi connectivity index (χ3n) is 4.12. The lowest BCUT2D eigenvalue weighted by atomic mass is 10.1. The molecule has 0 spiro atoms. The van der Waals surface area contributed by atoms with Crippen molar-refractivity contribution in [3.8, 4) is 0 Å². The van der Waals surface area contributed by atoms with Gasteiger partial charge in [0.25, 0.3) is 5.91 Å². The molecule has 1 N–H and O–H groups in total. The molecule has 3 rings (SSSR count). The first kappa shape index (κ1) is 14.1. The molecule has 0 saturated carbocycles. The molecular weight excluding hydrogens is 268 g/mol. The van der Waals surface area contributed by atoms with Crippen molar-refractivity contribution >= 4 is 17.5 Å². The number of carbonyl (C=O) groups is 2. The van der Waals surface area contributed by atoms with Crippen LogP contribution in [0, 0.1) is 0 Å². The fourth-order valence-electron chi connectivity index (χ4n) is 2.97. The number of benzene rings is 1. The normalized spacial score (nSPS) is 25.5. The second-order valence-electron chi connectivity index (χ2n) is 5.63.